The molecule has 0 unspecified atom stereocenters. The van der Waals surface area contributed by atoms with Gasteiger partial charge in [0.1, 0.15) is 12.6 Å². The second kappa shape index (κ2) is 1.95. The van der Waals surface area contributed by atoms with Gasteiger partial charge in [0.15, 0.2) is 0 Å². The Labute approximate surface area is 63.1 Å². The summed E-state index contributed by atoms with van der Waals surface area (Å²) in [6.07, 6.45) is 2.94. The molecule has 2 N–H and O–H groups in total. The van der Waals surface area contributed by atoms with E-state index in [1.807, 2.05) is 6.92 Å². The van der Waals surface area contributed by atoms with Gasteiger partial charge >= 0.3 is 0 Å². The second-order valence-electron chi connectivity index (χ2n) is 2.33. The third-order valence-electron chi connectivity index (χ3n) is 1.59. The molecule has 4 heteroatoms. The van der Waals surface area contributed by atoms with E-state index in [0.717, 1.165) is 11.1 Å². The Morgan fingerprint density at radius 3 is 3.00 bits per heavy atom. The quantitative estimate of drug-likeness (QED) is 0.609. The summed E-state index contributed by atoms with van der Waals surface area (Å²) in [5.41, 5.74) is 7.60. The van der Waals surface area contributed by atoms with Crippen molar-refractivity contribution in [1.82, 2.24) is 9.97 Å². The molecule has 0 saturated carbocycles. The Morgan fingerprint density at radius 1 is 1.45 bits per heavy atom. The molecule has 11 heavy (non-hydrogen) atoms. The summed E-state index contributed by atoms with van der Waals surface area (Å²) in [7, 11) is 0. The molecule has 2 rings (SSSR count). The molecule has 4 nitrogen and oxygen atoms in total. The van der Waals surface area contributed by atoms with Crippen LogP contribution in [0.5, 0.6) is 0 Å². The molecule has 0 spiro atoms. The van der Waals surface area contributed by atoms with Crippen LogP contribution in [-0.2, 0) is 0 Å². The lowest BCUT2D eigenvalue weighted by molar-refractivity contribution is 0.603. The maximum Gasteiger partial charge on any atom is 0.231 e. The fourth-order valence-corrected chi connectivity index (χ4v) is 1.05. The van der Waals surface area contributed by atoms with Crippen LogP contribution in [0.1, 0.15) is 5.69 Å². The number of nitrogen functional groups attached to an aromatic ring is 1. The molecule has 0 atom stereocenters. The molecule has 0 aliphatic carbocycles. The first kappa shape index (κ1) is 6.15. The van der Waals surface area contributed by atoms with Gasteiger partial charge in [-0.3, -0.25) is 0 Å². The molecule has 0 aromatic carbocycles. The average Bonchev–Trinajstić information content (AvgIpc) is 2.34. The summed E-state index contributed by atoms with van der Waals surface area (Å²) in [4.78, 5) is 7.89. The number of aryl methyl sites for hydroxylation is 1. The van der Waals surface area contributed by atoms with Crippen molar-refractivity contribution >= 4 is 16.8 Å². The minimum Gasteiger partial charge on any atom is -0.444 e. The third kappa shape index (κ3) is 0.756. The molecule has 0 amide bonds. The number of hydrogen-bond donors (Lipinski definition) is 1. The van der Waals surface area contributed by atoms with E-state index in [2.05, 4.69) is 9.97 Å². The molecule has 2 heterocycles. The van der Waals surface area contributed by atoms with E-state index in [1.54, 1.807) is 0 Å². The topological polar surface area (TPSA) is 64.9 Å². The fraction of sp³-hybridized carbons (Fsp3) is 0.143. The standard InChI is InChI=1S/C7H7N3O/c1-4-6-5(8)2-11-7(6)10-3-9-4/h2-3H,8H2,1H3. The van der Waals surface area contributed by atoms with E-state index in [4.69, 9.17) is 10.2 Å². The number of furan rings is 1. The van der Waals surface area contributed by atoms with Crippen molar-refractivity contribution in [3.63, 3.8) is 0 Å². The lowest BCUT2D eigenvalue weighted by Crippen LogP contribution is -1.87. The van der Waals surface area contributed by atoms with E-state index >= 15 is 0 Å². The van der Waals surface area contributed by atoms with Gasteiger partial charge in [-0.1, -0.05) is 0 Å². The summed E-state index contributed by atoms with van der Waals surface area (Å²) in [6.45, 7) is 1.87. The zero-order valence-electron chi connectivity index (χ0n) is 6.03. The van der Waals surface area contributed by atoms with Crippen molar-refractivity contribution in [2.45, 2.75) is 6.92 Å². The van der Waals surface area contributed by atoms with Crippen molar-refractivity contribution < 1.29 is 4.42 Å². The van der Waals surface area contributed by atoms with E-state index in [-0.39, 0.29) is 0 Å². The number of aromatic nitrogens is 2. The molecule has 0 aliphatic rings. The molecule has 2 aromatic rings. The average molecular weight is 149 g/mol. The van der Waals surface area contributed by atoms with Crippen molar-refractivity contribution in [2.24, 2.45) is 0 Å². The Balaban J connectivity index is 2.96. The highest BCUT2D eigenvalue weighted by molar-refractivity contribution is 5.88. The normalized spacial score (nSPS) is 10.6. The number of nitrogens with zero attached hydrogens (tertiary/aromatic N) is 2. The van der Waals surface area contributed by atoms with Crippen molar-refractivity contribution in [3.05, 3.63) is 18.3 Å². The molecule has 2 aromatic heterocycles. The second-order valence-corrected chi connectivity index (χ2v) is 2.33. The fourth-order valence-electron chi connectivity index (χ4n) is 1.05. The molecule has 0 saturated heterocycles. The minimum absolute atomic E-state index is 0.551. The van der Waals surface area contributed by atoms with Gasteiger partial charge in [0.2, 0.25) is 5.71 Å². The molecule has 0 fully saturated rings. The predicted octanol–water partition coefficient (Wildman–Crippen LogP) is 1.11. The van der Waals surface area contributed by atoms with Crippen LogP contribution in [0.25, 0.3) is 11.1 Å². The van der Waals surface area contributed by atoms with Crippen LogP contribution in [0.3, 0.4) is 0 Å². The zero-order chi connectivity index (χ0) is 7.84. The number of rotatable bonds is 0. The third-order valence-corrected chi connectivity index (χ3v) is 1.59. The van der Waals surface area contributed by atoms with Gasteiger partial charge in [-0.05, 0) is 6.92 Å². The maximum absolute atomic E-state index is 5.60. The molecule has 0 bridgehead atoms. The van der Waals surface area contributed by atoms with Gasteiger partial charge in [-0.15, -0.1) is 0 Å². The van der Waals surface area contributed by atoms with Crippen LogP contribution < -0.4 is 5.73 Å². The molecular weight excluding hydrogens is 142 g/mol. The number of hydrogen-bond acceptors (Lipinski definition) is 4. The van der Waals surface area contributed by atoms with Gasteiger partial charge in [0.25, 0.3) is 0 Å². The summed E-state index contributed by atoms with van der Waals surface area (Å²) >= 11 is 0. The van der Waals surface area contributed by atoms with E-state index in [1.165, 1.54) is 12.6 Å². The Hall–Kier alpha value is -1.58. The Kier molecular flexibility index (Phi) is 1.09. The minimum atomic E-state index is 0.551. The SMILES string of the molecule is Cc1ncnc2occ(N)c12. The van der Waals surface area contributed by atoms with Crippen LogP contribution >= 0.6 is 0 Å². The Bertz CT molecular complexity index is 393. The summed E-state index contributed by atoms with van der Waals surface area (Å²) in [5.74, 6) is 0. The first-order chi connectivity index (χ1) is 5.29. The van der Waals surface area contributed by atoms with Crippen LogP contribution in [0.15, 0.2) is 17.0 Å². The number of fused-ring (bicyclic) bond motifs is 1. The van der Waals surface area contributed by atoms with Crippen molar-refractivity contribution in [2.75, 3.05) is 5.73 Å². The predicted molar refractivity (Wildman–Crippen MR) is 41.0 cm³/mol. The summed E-state index contributed by atoms with van der Waals surface area (Å²) in [5, 5.41) is 0.813. The molecule has 56 valence electrons. The van der Waals surface area contributed by atoms with Crippen LogP contribution in [0, 0.1) is 6.92 Å². The zero-order valence-corrected chi connectivity index (χ0v) is 6.03. The monoisotopic (exact) mass is 149 g/mol. The van der Waals surface area contributed by atoms with E-state index < -0.39 is 0 Å². The van der Waals surface area contributed by atoms with Crippen LogP contribution in [0.4, 0.5) is 5.69 Å². The van der Waals surface area contributed by atoms with Crippen LogP contribution in [-0.4, -0.2) is 9.97 Å². The highest BCUT2D eigenvalue weighted by Gasteiger charge is 2.05. The summed E-state index contributed by atoms with van der Waals surface area (Å²) < 4.78 is 5.05. The van der Waals surface area contributed by atoms with Crippen molar-refractivity contribution in [1.29, 1.82) is 0 Å². The van der Waals surface area contributed by atoms with Gasteiger partial charge < -0.3 is 10.2 Å². The van der Waals surface area contributed by atoms with E-state index in [9.17, 15) is 0 Å². The van der Waals surface area contributed by atoms with Crippen LogP contribution in [0.2, 0.25) is 0 Å². The van der Waals surface area contributed by atoms with Gasteiger partial charge in [-0.2, -0.15) is 0 Å². The lowest BCUT2D eigenvalue weighted by Gasteiger charge is -1.91. The number of nitrogens with two attached hydrogens (primary N) is 1. The highest BCUT2D eigenvalue weighted by Crippen LogP contribution is 2.22. The molecule has 0 aliphatic heterocycles. The molecular formula is C7H7N3O. The largest absolute Gasteiger partial charge is 0.444 e. The maximum atomic E-state index is 5.60. The lowest BCUT2D eigenvalue weighted by atomic mass is 10.3. The van der Waals surface area contributed by atoms with Gasteiger partial charge in [0.05, 0.1) is 16.8 Å². The summed E-state index contributed by atoms with van der Waals surface area (Å²) in [6, 6.07) is 0. The van der Waals surface area contributed by atoms with Gasteiger partial charge in [-0.25, -0.2) is 9.97 Å². The smallest absolute Gasteiger partial charge is 0.231 e. The Morgan fingerprint density at radius 2 is 2.27 bits per heavy atom. The van der Waals surface area contributed by atoms with E-state index in [0.29, 0.717) is 11.4 Å². The molecule has 0 radical (unpaired) electrons. The van der Waals surface area contributed by atoms with Crippen molar-refractivity contribution in [3.8, 4) is 0 Å². The number of anilines is 1. The van der Waals surface area contributed by atoms with Gasteiger partial charge in [0, 0.05) is 0 Å². The first-order valence-electron chi connectivity index (χ1n) is 3.23. The first-order valence-corrected chi connectivity index (χ1v) is 3.23. The highest BCUT2D eigenvalue weighted by atomic mass is 16.3.